The number of aromatic amines is 1. The summed E-state index contributed by atoms with van der Waals surface area (Å²) in [6.07, 6.45) is 0.350. The molecule has 1 saturated heterocycles. The summed E-state index contributed by atoms with van der Waals surface area (Å²) in [6.45, 7) is 3.49. The van der Waals surface area contributed by atoms with Gasteiger partial charge in [0.05, 0.1) is 5.56 Å². The summed E-state index contributed by atoms with van der Waals surface area (Å²) in [6, 6.07) is 7.41. The van der Waals surface area contributed by atoms with E-state index in [1.165, 1.54) is 12.1 Å². The Morgan fingerprint density at radius 1 is 1.14 bits per heavy atom. The molecule has 0 amide bonds. The first-order valence-corrected chi connectivity index (χ1v) is 9.89. The molecule has 1 aliphatic carbocycles. The molecule has 1 aromatic carbocycles. The quantitative estimate of drug-likeness (QED) is 0.529. The van der Waals surface area contributed by atoms with Crippen LogP contribution in [0, 0.1) is 10.6 Å². The number of likely N-dealkylation sites (tertiary alicyclic amines) is 1. The topological polar surface area (TPSA) is 41.0 Å². The highest BCUT2D eigenvalue weighted by atomic mass is 35.5. The van der Waals surface area contributed by atoms with Crippen molar-refractivity contribution < 1.29 is 13.2 Å². The minimum atomic E-state index is -4.29. The number of alkyl halides is 3. The fraction of sp³-hybridized carbons (Fsp3) is 0.500. The minimum Gasteiger partial charge on any atom is -0.302 e. The summed E-state index contributed by atoms with van der Waals surface area (Å²) in [4.78, 5) is 16.8. The first-order valence-electron chi connectivity index (χ1n) is 9.48. The van der Waals surface area contributed by atoms with Crippen LogP contribution in [0.2, 0.25) is 0 Å². The second-order valence-electron chi connectivity index (χ2n) is 7.88. The Hall–Kier alpha value is -1.64. The molecular formula is C20H23ClF3N3OS. The molecule has 0 bridgehead atoms. The van der Waals surface area contributed by atoms with Crippen LogP contribution in [-0.4, -0.2) is 34.1 Å². The third kappa shape index (κ3) is 4.59. The van der Waals surface area contributed by atoms with Gasteiger partial charge in [0.1, 0.15) is 4.64 Å². The molecule has 29 heavy (non-hydrogen) atoms. The molecule has 0 spiro atoms. The van der Waals surface area contributed by atoms with Crippen LogP contribution in [0.1, 0.15) is 30.4 Å². The average molecular weight is 446 g/mol. The molecule has 9 heteroatoms. The zero-order valence-electron chi connectivity index (χ0n) is 15.7. The van der Waals surface area contributed by atoms with Crippen LogP contribution >= 0.6 is 24.6 Å². The summed E-state index contributed by atoms with van der Waals surface area (Å²) in [5.74, 6) is 0.543. The summed E-state index contributed by atoms with van der Waals surface area (Å²) in [5, 5.41) is 0. The van der Waals surface area contributed by atoms with Gasteiger partial charge in [0.25, 0.3) is 0 Å². The number of nitrogens with zero attached hydrogens (tertiary/aromatic N) is 2. The van der Waals surface area contributed by atoms with Gasteiger partial charge in [-0.25, -0.2) is 4.79 Å². The highest BCUT2D eigenvalue weighted by Crippen LogP contribution is 2.59. The fourth-order valence-electron chi connectivity index (χ4n) is 4.43. The van der Waals surface area contributed by atoms with Crippen molar-refractivity contribution in [1.82, 2.24) is 14.5 Å². The summed E-state index contributed by atoms with van der Waals surface area (Å²) in [7, 11) is 0. The van der Waals surface area contributed by atoms with Crippen molar-refractivity contribution in [2.24, 2.45) is 5.92 Å². The third-order valence-electron chi connectivity index (χ3n) is 6.02. The van der Waals surface area contributed by atoms with Crippen molar-refractivity contribution in [2.75, 3.05) is 19.6 Å². The standard InChI is InChI=1S/C20H22F3N3OS.ClH/c21-20(22,23)15-5-3-14(4-6-15)19-11-16(19)12-25(13-19)8-1-2-9-26-10-7-17(28)24-18(26)27;/h3-7,10,16H,1-2,8-9,11-13H2,(H,24,27,28);1H/t16?,19-;/m1./s1. The number of aryl methyl sites for hydroxylation is 1. The van der Waals surface area contributed by atoms with Gasteiger partial charge in [0.2, 0.25) is 0 Å². The van der Waals surface area contributed by atoms with E-state index in [0.717, 1.165) is 44.5 Å². The van der Waals surface area contributed by atoms with Crippen molar-refractivity contribution in [2.45, 2.75) is 37.4 Å². The summed E-state index contributed by atoms with van der Waals surface area (Å²) >= 11 is 4.93. The first kappa shape index (κ1) is 22.1. The number of aromatic nitrogens is 2. The van der Waals surface area contributed by atoms with Crippen molar-refractivity contribution in [3.05, 3.63) is 62.8 Å². The van der Waals surface area contributed by atoms with Crippen molar-refractivity contribution in [3.8, 4) is 0 Å². The van der Waals surface area contributed by atoms with Crippen molar-refractivity contribution in [3.63, 3.8) is 0 Å². The lowest BCUT2D eigenvalue weighted by Crippen LogP contribution is -2.28. The maximum Gasteiger partial charge on any atom is 0.416 e. The number of hydrogen-bond acceptors (Lipinski definition) is 3. The van der Waals surface area contributed by atoms with Crippen LogP contribution < -0.4 is 5.69 Å². The lowest BCUT2D eigenvalue weighted by atomic mass is 9.94. The third-order valence-corrected chi connectivity index (χ3v) is 6.26. The molecular weight excluding hydrogens is 423 g/mol. The molecule has 1 aromatic heterocycles. The molecule has 2 heterocycles. The number of nitrogens with one attached hydrogen (secondary N) is 1. The van der Waals surface area contributed by atoms with Gasteiger partial charge in [-0.15, -0.1) is 12.4 Å². The molecule has 2 aromatic rings. The van der Waals surface area contributed by atoms with Crippen LogP contribution in [0.15, 0.2) is 41.3 Å². The SMILES string of the molecule is Cl.O=c1[nH]c(=S)ccn1CCCCN1CC2C[C@]2(c2ccc(C(F)(F)F)cc2)C1. The number of halogens is 4. The number of piperidine rings is 1. The van der Waals surface area contributed by atoms with Gasteiger partial charge in [-0.1, -0.05) is 24.4 Å². The minimum absolute atomic E-state index is 0. The maximum absolute atomic E-state index is 12.8. The van der Waals surface area contributed by atoms with E-state index in [0.29, 0.717) is 17.1 Å². The number of fused-ring (bicyclic) bond motifs is 1. The Kier molecular flexibility index (Phi) is 6.27. The van der Waals surface area contributed by atoms with E-state index >= 15 is 0 Å². The van der Waals surface area contributed by atoms with Crippen LogP contribution in [0.5, 0.6) is 0 Å². The smallest absolute Gasteiger partial charge is 0.302 e. The van der Waals surface area contributed by atoms with E-state index in [9.17, 15) is 18.0 Å². The normalized spacial score (nSPS) is 23.5. The first-order chi connectivity index (χ1) is 13.3. The molecule has 4 rings (SSSR count). The number of H-pyrrole nitrogens is 1. The molecule has 1 saturated carbocycles. The summed E-state index contributed by atoms with van der Waals surface area (Å²) in [5.41, 5.74) is 0.293. The monoisotopic (exact) mass is 445 g/mol. The molecule has 1 N–H and O–H groups in total. The molecule has 2 atom stereocenters. The highest BCUT2D eigenvalue weighted by molar-refractivity contribution is 7.71. The van der Waals surface area contributed by atoms with E-state index in [-0.39, 0.29) is 23.5 Å². The Morgan fingerprint density at radius 2 is 1.83 bits per heavy atom. The Balaban J connectivity index is 0.00000240. The molecule has 158 valence electrons. The molecule has 1 unspecified atom stereocenters. The molecule has 2 aliphatic rings. The van der Waals surface area contributed by atoms with Gasteiger partial charge in [0, 0.05) is 31.2 Å². The van der Waals surface area contributed by atoms with Crippen LogP contribution in [-0.2, 0) is 18.1 Å². The predicted octanol–water partition coefficient (Wildman–Crippen LogP) is 4.40. The number of rotatable bonds is 6. The van der Waals surface area contributed by atoms with Gasteiger partial charge in [0.15, 0.2) is 0 Å². The van der Waals surface area contributed by atoms with E-state index in [1.807, 2.05) is 0 Å². The molecule has 2 fully saturated rings. The van der Waals surface area contributed by atoms with Gasteiger partial charge < -0.3 is 9.47 Å². The van der Waals surface area contributed by atoms with E-state index in [4.69, 9.17) is 12.2 Å². The van der Waals surface area contributed by atoms with Crippen molar-refractivity contribution >= 4 is 24.6 Å². The number of benzene rings is 1. The van der Waals surface area contributed by atoms with Gasteiger partial charge in [-0.2, -0.15) is 13.2 Å². The van der Waals surface area contributed by atoms with Crippen LogP contribution in [0.25, 0.3) is 0 Å². The zero-order chi connectivity index (χ0) is 19.9. The molecule has 0 radical (unpaired) electrons. The Morgan fingerprint density at radius 3 is 2.48 bits per heavy atom. The largest absolute Gasteiger partial charge is 0.416 e. The molecule has 4 nitrogen and oxygen atoms in total. The Bertz CT molecular complexity index is 972. The van der Waals surface area contributed by atoms with Crippen LogP contribution in [0.4, 0.5) is 13.2 Å². The van der Waals surface area contributed by atoms with Gasteiger partial charge in [-0.05, 0) is 55.5 Å². The van der Waals surface area contributed by atoms with Crippen LogP contribution in [0.3, 0.4) is 0 Å². The maximum atomic E-state index is 12.8. The number of hydrogen-bond donors (Lipinski definition) is 1. The highest BCUT2D eigenvalue weighted by Gasteiger charge is 2.60. The number of unbranched alkanes of at least 4 members (excludes halogenated alkanes) is 1. The average Bonchev–Trinajstić information content (AvgIpc) is 3.21. The van der Waals surface area contributed by atoms with E-state index < -0.39 is 11.7 Å². The van der Waals surface area contributed by atoms with Crippen molar-refractivity contribution in [1.29, 1.82) is 0 Å². The van der Waals surface area contributed by atoms with E-state index in [1.54, 1.807) is 29.0 Å². The lowest BCUT2D eigenvalue weighted by Gasteiger charge is -2.21. The summed E-state index contributed by atoms with van der Waals surface area (Å²) < 4.78 is 40.4. The predicted molar refractivity (Wildman–Crippen MR) is 110 cm³/mol. The van der Waals surface area contributed by atoms with Gasteiger partial charge in [-0.3, -0.25) is 4.98 Å². The lowest BCUT2D eigenvalue weighted by molar-refractivity contribution is -0.137. The Labute approximate surface area is 178 Å². The fourth-order valence-corrected chi connectivity index (χ4v) is 4.58. The van der Waals surface area contributed by atoms with Gasteiger partial charge >= 0.3 is 11.9 Å². The zero-order valence-corrected chi connectivity index (χ0v) is 17.4. The molecule has 1 aliphatic heterocycles. The second kappa shape index (κ2) is 8.24. The van der Waals surface area contributed by atoms with E-state index in [2.05, 4.69) is 9.88 Å². The second-order valence-corrected chi connectivity index (χ2v) is 8.32.